The molecule has 2 aromatic carbocycles. The molecule has 1 aliphatic heterocycles. The first-order valence-corrected chi connectivity index (χ1v) is 12.2. The molecule has 0 N–H and O–H groups in total. The Morgan fingerprint density at radius 1 is 1.23 bits per heavy atom. The number of benzene rings is 2. The number of amides is 1. The van der Waals surface area contributed by atoms with Crippen LogP contribution in [0.3, 0.4) is 0 Å². The molecule has 0 radical (unpaired) electrons. The number of piperidine rings is 1. The highest BCUT2D eigenvalue weighted by Gasteiger charge is 2.27. The van der Waals surface area contributed by atoms with Crippen LogP contribution in [-0.2, 0) is 4.79 Å². The van der Waals surface area contributed by atoms with Crippen LogP contribution >= 0.6 is 34.7 Å². The highest BCUT2D eigenvalue weighted by Crippen LogP contribution is 2.33. The number of thiazole rings is 1. The predicted molar refractivity (Wildman–Crippen MR) is 124 cm³/mol. The van der Waals surface area contributed by atoms with E-state index in [0.717, 1.165) is 35.5 Å². The van der Waals surface area contributed by atoms with Gasteiger partial charge in [-0.2, -0.15) is 0 Å². The first-order chi connectivity index (χ1) is 15.2. The van der Waals surface area contributed by atoms with Crippen molar-refractivity contribution in [1.29, 1.82) is 0 Å². The molecule has 158 valence electrons. The van der Waals surface area contributed by atoms with E-state index in [2.05, 4.69) is 16.3 Å². The van der Waals surface area contributed by atoms with Crippen LogP contribution in [-0.4, -0.2) is 44.8 Å². The van der Waals surface area contributed by atoms with Crippen LogP contribution in [0.25, 0.3) is 21.7 Å². The Bertz CT molecular complexity index is 1190. The van der Waals surface area contributed by atoms with Gasteiger partial charge in [0.1, 0.15) is 0 Å². The van der Waals surface area contributed by atoms with Gasteiger partial charge in [0.2, 0.25) is 11.8 Å². The molecular weight excluding hydrogens is 452 g/mol. The molecule has 1 atom stereocenters. The molecule has 5 rings (SSSR count). The summed E-state index contributed by atoms with van der Waals surface area (Å²) in [4.78, 5) is 19.5. The minimum atomic E-state index is 0.0818. The number of likely N-dealkylation sites (tertiary alicyclic amines) is 1. The average Bonchev–Trinajstić information content (AvgIpc) is 3.45. The monoisotopic (exact) mass is 470 g/mol. The predicted octanol–water partition coefficient (Wildman–Crippen LogP) is 5.50. The standard InChI is InChI=1S/C22H19ClN4O2S2/c23-16-7-3-5-14(11-16)20-25-26-22(29-20)30-13-19(28)27-10-4-6-15(12-27)21-24-17-8-1-2-9-18(17)31-21/h1-3,5,7-9,11,15H,4,6,10,12-13H2/t15-/m1/s1. The number of fused-ring (bicyclic) bond motifs is 1. The van der Waals surface area contributed by atoms with Gasteiger partial charge in [0.05, 0.1) is 21.0 Å². The van der Waals surface area contributed by atoms with Gasteiger partial charge in [0, 0.05) is 29.6 Å². The molecule has 1 saturated heterocycles. The number of halogens is 1. The third kappa shape index (κ3) is 4.61. The number of thioether (sulfide) groups is 1. The zero-order valence-corrected chi connectivity index (χ0v) is 18.9. The van der Waals surface area contributed by atoms with Crippen LogP contribution in [0, 0.1) is 0 Å². The summed E-state index contributed by atoms with van der Waals surface area (Å²) in [6, 6.07) is 15.4. The summed E-state index contributed by atoms with van der Waals surface area (Å²) in [5.41, 5.74) is 1.79. The molecule has 4 aromatic rings. The normalized spacial score (nSPS) is 16.7. The van der Waals surface area contributed by atoms with Gasteiger partial charge >= 0.3 is 0 Å². The molecular formula is C22H19ClN4O2S2. The molecule has 1 amide bonds. The summed E-state index contributed by atoms with van der Waals surface area (Å²) in [7, 11) is 0. The Morgan fingerprint density at radius 3 is 3.00 bits per heavy atom. The fraction of sp³-hybridized carbons (Fsp3) is 0.273. The SMILES string of the molecule is O=C(CSc1nnc(-c2cccc(Cl)c2)o1)N1CCC[C@@H](c2nc3ccccc3s2)C1. The minimum Gasteiger partial charge on any atom is -0.411 e. The summed E-state index contributed by atoms with van der Waals surface area (Å²) in [5.74, 6) is 1.03. The third-order valence-electron chi connectivity index (χ3n) is 5.23. The van der Waals surface area contributed by atoms with Crippen LogP contribution in [0.1, 0.15) is 23.8 Å². The Balaban J connectivity index is 1.20. The summed E-state index contributed by atoms with van der Waals surface area (Å²) in [6.45, 7) is 1.48. The molecule has 9 heteroatoms. The Hall–Kier alpha value is -2.42. The van der Waals surface area contributed by atoms with E-state index in [0.29, 0.717) is 22.7 Å². The van der Waals surface area contributed by atoms with Crippen molar-refractivity contribution in [3.63, 3.8) is 0 Å². The van der Waals surface area contributed by atoms with Crippen LogP contribution in [0.15, 0.2) is 58.2 Å². The second kappa shape index (κ2) is 8.98. The van der Waals surface area contributed by atoms with Crippen LogP contribution in [0.2, 0.25) is 5.02 Å². The fourth-order valence-corrected chi connectivity index (χ4v) is 5.64. The largest absolute Gasteiger partial charge is 0.411 e. The number of nitrogens with zero attached hydrogens (tertiary/aromatic N) is 4. The molecule has 0 bridgehead atoms. The molecule has 1 aliphatic rings. The lowest BCUT2D eigenvalue weighted by molar-refractivity contribution is -0.129. The van der Waals surface area contributed by atoms with Gasteiger partial charge in [-0.3, -0.25) is 4.79 Å². The third-order valence-corrected chi connectivity index (χ3v) is 7.47. The minimum absolute atomic E-state index is 0.0818. The summed E-state index contributed by atoms with van der Waals surface area (Å²) in [6.07, 6.45) is 2.04. The highest BCUT2D eigenvalue weighted by atomic mass is 35.5. The first-order valence-electron chi connectivity index (χ1n) is 10.0. The maximum absolute atomic E-state index is 12.8. The molecule has 31 heavy (non-hydrogen) atoms. The van der Waals surface area contributed by atoms with Crippen molar-refractivity contribution in [2.24, 2.45) is 0 Å². The van der Waals surface area contributed by atoms with E-state index in [1.54, 1.807) is 23.5 Å². The van der Waals surface area contributed by atoms with Crippen molar-refractivity contribution < 1.29 is 9.21 Å². The van der Waals surface area contributed by atoms with Crippen LogP contribution < -0.4 is 0 Å². The van der Waals surface area contributed by atoms with E-state index < -0.39 is 0 Å². The van der Waals surface area contributed by atoms with E-state index in [4.69, 9.17) is 21.0 Å². The lowest BCUT2D eigenvalue weighted by atomic mass is 9.99. The molecule has 1 fully saturated rings. The quantitative estimate of drug-likeness (QED) is 0.359. The van der Waals surface area contributed by atoms with Crippen molar-refractivity contribution in [1.82, 2.24) is 20.1 Å². The van der Waals surface area contributed by atoms with Gasteiger partial charge in [-0.25, -0.2) is 4.98 Å². The van der Waals surface area contributed by atoms with Crippen molar-refractivity contribution >= 4 is 50.8 Å². The zero-order chi connectivity index (χ0) is 21.2. The highest BCUT2D eigenvalue weighted by molar-refractivity contribution is 7.99. The molecule has 6 nitrogen and oxygen atoms in total. The van der Waals surface area contributed by atoms with Gasteiger partial charge in [-0.15, -0.1) is 21.5 Å². The Kier molecular flexibility index (Phi) is 5.93. The first kappa shape index (κ1) is 20.5. The maximum atomic E-state index is 12.8. The lowest BCUT2D eigenvalue weighted by Crippen LogP contribution is -2.40. The van der Waals surface area contributed by atoms with Crippen LogP contribution in [0.4, 0.5) is 0 Å². The van der Waals surface area contributed by atoms with Crippen molar-refractivity contribution in [2.75, 3.05) is 18.8 Å². The van der Waals surface area contributed by atoms with Crippen molar-refractivity contribution in [3.8, 4) is 11.5 Å². The van der Waals surface area contributed by atoms with Crippen molar-refractivity contribution in [2.45, 2.75) is 24.0 Å². The van der Waals surface area contributed by atoms with Gasteiger partial charge in [0.15, 0.2) is 0 Å². The van der Waals surface area contributed by atoms with E-state index in [1.807, 2.05) is 35.2 Å². The number of para-hydroxylation sites is 1. The molecule has 3 heterocycles. The number of hydrogen-bond acceptors (Lipinski definition) is 7. The van der Waals surface area contributed by atoms with E-state index in [1.165, 1.54) is 16.5 Å². The molecule has 2 aromatic heterocycles. The van der Waals surface area contributed by atoms with Gasteiger partial charge in [-0.1, -0.05) is 41.6 Å². The van der Waals surface area contributed by atoms with Crippen LogP contribution in [0.5, 0.6) is 0 Å². The Labute approximate surface area is 192 Å². The zero-order valence-electron chi connectivity index (χ0n) is 16.5. The number of hydrogen-bond donors (Lipinski definition) is 0. The van der Waals surface area contributed by atoms with Crippen molar-refractivity contribution in [3.05, 3.63) is 58.6 Å². The molecule has 0 saturated carbocycles. The maximum Gasteiger partial charge on any atom is 0.277 e. The number of aromatic nitrogens is 3. The fourth-order valence-electron chi connectivity index (χ4n) is 3.69. The summed E-state index contributed by atoms with van der Waals surface area (Å²) in [5, 5.41) is 10.2. The molecule has 0 spiro atoms. The van der Waals surface area contributed by atoms with E-state index in [9.17, 15) is 4.79 Å². The Morgan fingerprint density at radius 2 is 2.13 bits per heavy atom. The number of rotatable bonds is 5. The van der Waals surface area contributed by atoms with Gasteiger partial charge < -0.3 is 9.32 Å². The average molecular weight is 471 g/mol. The molecule has 0 unspecified atom stereocenters. The second-order valence-corrected chi connectivity index (χ2v) is 9.80. The van der Waals surface area contributed by atoms with Gasteiger partial charge in [-0.05, 0) is 43.2 Å². The smallest absolute Gasteiger partial charge is 0.277 e. The second-order valence-electron chi connectivity index (χ2n) is 7.37. The number of carbonyl (C=O) groups excluding carboxylic acids is 1. The molecule has 0 aliphatic carbocycles. The number of carbonyl (C=O) groups is 1. The van der Waals surface area contributed by atoms with Gasteiger partial charge in [0.25, 0.3) is 5.22 Å². The van der Waals surface area contributed by atoms with E-state index >= 15 is 0 Å². The lowest BCUT2D eigenvalue weighted by Gasteiger charge is -2.31. The summed E-state index contributed by atoms with van der Waals surface area (Å²) >= 11 is 9.02. The summed E-state index contributed by atoms with van der Waals surface area (Å²) < 4.78 is 6.89. The topological polar surface area (TPSA) is 72.1 Å². The van der Waals surface area contributed by atoms with E-state index in [-0.39, 0.29) is 17.6 Å².